The van der Waals surface area contributed by atoms with Crippen LogP contribution in [0.2, 0.25) is 0 Å². The average Bonchev–Trinajstić information content (AvgIpc) is 2.89. The number of halogens is 1. The highest BCUT2D eigenvalue weighted by Crippen LogP contribution is 2.35. The molecule has 1 aliphatic carbocycles. The Labute approximate surface area is 215 Å². The molecule has 1 atom stereocenters. The molecule has 0 bridgehead atoms. The fourth-order valence-electron chi connectivity index (χ4n) is 4.98. The normalized spacial score (nSPS) is 16.9. The Balaban J connectivity index is 0.000000371. The molecular weight excluding hydrogens is 520 g/mol. The first-order valence-electron chi connectivity index (χ1n) is 11.8. The molecule has 5 heteroatoms. The van der Waals surface area contributed by atoms with Crippen LogP contribution < -0.4 is 0 Å². The Hall–Kier alpha value is -2.89. The zero-order chi connectivity index (χ0) is 24.3. The van der Waals surface area contributed by atoms with E-state index in [1.807, 2.05) is 18.2 Å². The first-order chi connectivity index (χ1) is 17.0. The van der Waals surface area contributed by atoms with Crippen LogP contribution in [0.4, 0.5) is 0 Å². The maximum absolute atomic E-state index is 12.9. The summed E-state index contributed by atoms with van der Waals surface area (Å²) in [6, 6.07) is 24.3. The molecule has 0 radical (unpaired) electrons. The second-order valence-corrected chi connectivity index (χ2v) is 12.0. The van der Waals surface area contributed by atoms with Gasteiger partial charge in [0.05, 0.1) is 16.9 Å². The van der Waals surface area contributed by atoms with Crippen molar-refractivity contribution in [1.29, 1.82) is 0 Å². The molecule has 6 rings (SSSR count). The molecule has 178 valence electrons. The molecule has 1 unspecified atom stereocenters. The van der Waals surface area contributed by atoms with Crippen LogP contribution in [0.1, 0.15) is 17.5 Å². The standard InChI is InChI=1S/C25H21BrO2S.C5H6O/c26-20-8-10-21(11-9-20)29(27,28)16-17-5-12-23-19(15-17)7-14-24-22-4-2-1-3-18(22)6-13-25(23)24;1-2-4-6-5-3-1/h1-4,6-11,13-14,17H,5,12,15-16H2;1-4H,5H2. The summed E-state index contributed by atoms with van der Waals surface area (Å²) in [5.41, 5.74) is 2.69. The summed E-state index contributed by atoms with van der Waals surface area (Å²) >= 11 is 3.37. The maximum Gasteiger partial charge on any atom is 0.178 e. The molecule has 0 fully saturated rings. The van der Waals surface area contributed by atoms with E-state index in [4.69, 9.17) is 4.74 Å². The number of aryl methyl sites for hydroxylation is 1. The number of hydrogen-bond acceptors (Lipinski definition) is 3. The van der Waals surface area contributed by atoms with Crippen LogP contribution in [0.5, 0.6) is 0 Å². The average molecular weight is 548 g/mol. The van der Waals surface area contributed by atoms with Gasteiger partial charge in [0, 0.05) is 4.47 Å². The molecule has 0 aromatic heterocycles. The number of sulfone groups is 1. The van der Waals surface area contributed by atoms with E-state index in [-0.39, 0.29) is 11.7 Å². The lowest BCUT2D eigenvalue weighted by Crippen LogP contribution is -2.23. The summed E-state index contributed by atoms with van der Waals surface area (Å²) in [6.45, 7) is 0.733. The molecule has 2 aliphatic rings. The van der Waals surface area contributed by atoms with Crippen molar-refractivity contribution >= 4 is 47.3 Å². The second-order valence-electron chi connectivity index (χ2n) is 9.02. The van der Waals surface area contributed by atoms with Crippen molar-refractivity contribution in [3.8, 4) is 0 Å². The number of hydrogen-bond donors (Lipinski definition) is 0. The molecule has 0 amide bonds. The van der Waals surface area contributed by atoms with Gasteiger partial charge in [-0.25, -0.2) is 8.42 Å². The number of allylic oxidation sites excluding steroid dienone is 2. The molecule has 3 nitrogen and oxygen atoms in total. The van der Waals surface area contributed by atoms with Crippen molar-refractivity contribution in [3.05, 3.63) is 113 Å². The molecule has 4 aromatic rings. The van der Waals surface area contributed by atoms with Crippen LogP contribution in [-0.4, -0.2) is 20.8 Å². The first kappa shape index (κ1) is 23.8. The zero-order valence-electron chi connectivity index (χ0n) is 19.4. The van der Waals surface area contributed by atoms with Crippen molar-refractivity contribution < 1.29 is 13.2 Å². The Morgan fingerprint density at radius 2 is 1.66 bits per heavy atom. The van der Waals surface area contributed by atoms with Crippen molar-refractivity contribution in [2.45, 2.75) is 24.2 Å². The predicted octanol–water partition coefficient (Wildman–Crippen LogP) is 7.42. The van der Waals surface area contributed by atoms with Crippen molar-refractivity contribution in [2.75, 3.05) is 12.4 Å². The van der Waals surface area contributed by atoms with Gasteiger partial charge in [-0.2, -0.15) is 0 Å². The fraction of sp³-hybridized carbons (Fsp3) is 0.200. The predicted molar refractivity (Wildman–Crippen MR) is 147 cm³/mol. The van der Waals surface area contributed by atoms with Crippen molar-refractivity contribution in [2.24, 2.45) is 5.92 Å². The minimum Gasteiger partial charge on any atom is -0.497 e. The minimum absolute atomic E-state index is 0.161. The van der Waals surface area contributed by atoms with Gasteiger partial charge in [-0.1, -0.05) is 70.5 Å². The van der Waals surface area contributed by atoms with E-state index in [2.05, 4.69) is 64.5 Å². The second kappa shape index (κ2) is 10.4. The van der Waals surface area contributed by atoms with E-state index in [1.165, 1.54) is 32.7 Å². The molecule has 1 heterocycles. The van der Waals surface area contributed by atoms with E-state index in [0.717, 1.165) is 30.3 Å². The van der Waals surface area contributed by atoms with Gasteiger partial charge in [0.2, 0.25) is 0 Å². The van der Waals surface area contributed by atoms with E-state index < -0.39 is 9.84 Å². The summed E-state index contributed by atoms with van der Waals surface area (Å²) in [5.74, 6) is 0.373. The van der Waals surface area contributed by atoms with Gasteiger partial charge in [0.25, 0.3) is 0 Å². The molecule has 0 N–H and O–H groups in total. The molecule has 0 spiro atoms. The van der Waals surface area contributed by atoms with Gasteiger partial charge in [0.15, 0.2) is 9.84 Å². The quantitative estimate of drug-likeness (QED) is 0.251. The van der Waals surface area contributed by atoms with E-state index in [9.17, 15) is 8.42 Å². The lowest BCUT2D eigenvalue weighted by atomic mass is 9.82. The van der Waals surface area contributed by atoms with Gasteiger partial charge in [-0.05, 0) is 94.3 Å². The number of benzene rings is 4. The third-order valence-corrected chi connectivity index (χ3v) is 9.12. The largest absolute Gasteiger partial charge is 0.497 e. The third kappa shape index (κ3) is 5.36. The molecule has 1 aliphatic heterocycles. The van der Waals surface area contributed by atoms with Gasteiger partial charge in [-0.15, -0.1) is 0 Å². The van der Waals surface area contributed by atoms with Crippen LogP contribution in [0, 0.1) is 5.92 Å². The Morgan fingerprint density at radius 1 is 0.857 bits per heavy atom. The lowest BCUT2D eigenvalue weighted by Gasteiger charge is -2.26. The molecule has 0 saturated carbocycles. The summed E-state index contributed by atoms with van der Waals surface area (Å²) < 4.78 is 31.4. The Kier molecular flexibility index (Phi) is 7.07. The highest BCUT2D eigenvalue weighted by atomic mass is 79.9. The number of fused-ring (bicyclic) bond motifs is 5. The highest BCUT2D eigenvalue weighted by molar-refractivity contribution is 9.10. The highest BCUT2D eigenvalue weighted by Gasteiger charge is 2.26. The molecular formula is C30H27BrO3S. The SMILES string of the molecule is C1=CCOC=C1.O=S(=O)(CC1CCc2c(ccc3c2ccc2ccccc23)C1)c1ccc(Br)cc1. The lowest BCUT2D eigenvalue weighted by molar-refractivity contribution is 0.286. The van der Waals surface area contributed by atoms with Crippen LogP contribution in [0.3, 0.4) is 0 Å². The van der Waals surface area contributed by atoms with Crippen LogP contribution in [-0.2, 0) is 27.4 Å². The number of rotatable bonds is 3. The summed E-state index contributed by atoms with van der Waals surface area (Å²) in [5, 5.41) is 5.15. The van der Waals surface area contributed by atoms with E-state index >= 15 is 0 Å². The fourth-order valence-corrected chi connectivity index (χ4v) is 6.89. The van der Waals surface area contributed by atoms with Crippen LogP contribution in [0.25, 0.3) is 21.5 Å². The minimum atomic E-state index is -3.27. The number of ether oxygens (including phenoxy) is 1. The molecule has 35 heavy (non-hydrogen) atoms. The Bertz CT molecular complexity index is 1510. The summed E-state index contributed by atoms with van der Waals surface area (Å²) in [6.07, 6.45) is 10.1. The molecule has 0 saturated heterocycles. The first-order valence-corrected chi connectivity index (χ1v) is 14.3. The zero-order valence-corrected chi connectivity index (χ0v) is 21.8. The van der Waals surface area contributed by atoms with E-state index in [1.54, 1.807) is 30.5 Å². The maximum atomic E-state index is 12.9. The van der Waals surface area contributed by atoms with Crippen LogP contribution >= 0.6 is 15.9 Å². The van der Waals surface area contributed by atoms with Gasteiger partial charge in [-0.3, -0.25) is 0 Å². The van der Waals surface area contributed by atoms with E-state index in [0.29, 0.717) is 4.90 Å². The molecule has 4 aromatic carbocycles. The topological polar surface area (TPSA) is 43.4 Å². The smallest absolute Gasteiger partial charge is 0.178 e. The summed E-state index contributed by atoms with van der Waals surface area (Å²) in [4.78, 5) is 0.413. The monoisotopic (exact) mass is 546 g/mol. The van der Waals surface area contributed by atoms with Gasteiger partial charge >= 0.3 is 0 Å². The van der Waals surface area contributed by atoms with Crippen molar-refractivity contribution in [3.63, 3.8) is 0 Å². The summed E-state index contributed by atoms with van der Waals surface area (Å²) in [7, 11) is -3.27. The van der Waals surface area contributed by atoms with Crippen LogP contribution in [0.15, 0.2) is 107 Å². The Morgan fingerprint density at radius 3 is 2.37 bits per heavy atom. The third-order valence-electron chi connectivity index (χ3n) is 6.69. The van der Waals surface area contributed by atoms with Gasteiger partial charge in [0.1, 0.15) is 6.61 Å². The van der Waals surface area contributed by atoms with Crippen molar-refractivity contribution in [1.82, 2.24) is 0 Å². The van der Waals surface area contributed by atoms with Gasteiger partial charge < -0.3 is 4.74 Å².